The Hall–Kier alpha value is -0.900. The van der Waals surface area contributed by atoms with Crippen LogP contribution in [0.25, 0.3) is 0 Å². The number of nitrogens with zero attached hydrogens (tertiary/aromatic N) is 2. The molecule has 4 nitrogen and oxygen atoms in total. The fourth-order valence-corrected chi connectivity index (χ4v) is 1.77. The number of rotatable bonds is 9. The molecule has 1 unspecified atom stereocenters. The van der Waals surface area contributed by atoms with Gasteiger partial charge in [-0.3, -0.25) is 5.10 Å². The van der Waals surface area contributed by atoms with Crippen molar-refractivity contribution in [2.75, 3.05) is 6.54 Å². The molecule has 1 aromatic rings. The number of H-pyrrole nitrogens is 1. The van der Waals surface area contributed by atoms with Crippen LogP contribution in [0.15, 0.2) is 6.33 Å². The van der Waals surface area contributed by atoms with Crippen molar-refractivity contribution < 1.29 is 0 Å². The third-order valence-electron chi connectivity index (χ3n) is 2.81. The van der Waals surface area contributed by atoms with Crippen molar-refractivity contribution in [3.8, 4) is 0 Å². The molecule has 1 atom stereocenters. The molecule has 0 radical (unpaired) electrons. The summed E-state index contributed by atoms with van der Waals surface area (Å²) in [5.41, 5.74) is 0. The number of aromatic amines is 1. The smallest absolute Gasteiger partial charge is 0.137 e. The van der Waals surface area contributed by atoms with Crippen LogP contribution in [0.3, 0.4) is 0 Å². The lowest BCUT2D eigenvalue weighted by atomic mass is 10.1. The quantitative estimate of drug-likeness (QED) is 0.633. The highest BCUT2D eigenvalue weighted by Gasteiger charge is 2.01. The highest BCUT2D eigenvalue weighted by molar-refractivity contribution is 4.81. The van der Waals surface area contributed by atoms with E-state index in [1.165, 1.54) is 32.1 Å². The first-order chi connectivity index (χ1) is 7.83. The standard InChI is InChI=1S/C12H24N4/c1-3-4-5-6-7-11(2)13-9-8-12-14-10-15-16-12/h10-11,13H,3-9H2,1-2H3,(H,14,15,16). The Morgan fingerprint density at radius 2 is 2.25 bits per heavy atom. The van der Waals surface area contributed by atoms with Crippen LogP contribution in [-0.2, 0) is 6.42 Å². The molecule has 0 aliphatic heterocycles. The van der Waals surface area contributed by atoms with Crippen LogP contribution in [0.1, 0.15) is 51.8 Å². The van der Waals surface area contributed by atoms with Gasteiger partial charge in [-0.15, -0.1) is 0 Å². The van der Waals surface area contributed by atoms with Gasteiger partial charge in [0, 0.05) is 19.0 Å². The van der Waals surface area contributed by atoms with Gasteiger partial charge in [-0.2, -0.15) is 5.10 Å². The van der Waals surface area contributed by atoms with Gasteiger partial charge in [0.1, 0.15) is 12.2 Å². The lowest BCUT2D eigenvalue weighted by molar-refractivity contribution is 0.484. The minimum Gasteiger partial charge on any atom is -0.314 e. The predicted molar refractivity (Wildman–Crippen MR) is 66.3 cm³/mol. The molecule has 0 fully saturated rings. The molecule has 0 aliphatic carbocycles. The minimum atomic E-state index is 0.611. The molecule has 4 heteroatoms. The Kier molecular flexibility index (Phi) is 6.81. The van der Waals surface area contributed by atoms with Gasteiger partial charge in [-0.05, 0) is 13.3 Å². The summed E-state index contributed by atoms with van der Waals surface area (Å²) in [5, 5.41) is 10.2. The van der Waals surface area contributed by atoms with Crippen LogP contribution >= 0.6 is 0 Å². The number of hydrogen-bond acceptors (Lipinski definition) is 3. The van der Waals surface area contributed by atoms with Gasteiger partial charge < -0.3 is 5.32 Å². The maximum atomic E-state index is 4.09. The van der Waals surface area contributed by atoms with E-state index in [0.29, 0.717) is 6.04 Å². The van der Waals surface area contributed by atoms with Crippen LogP contribution in [-0.4, -0.2) is 27.8 Å². The summed E-state index contributed by atoms with van der Waals surface area (Å²) in [6, 6.07) is 0.611. The van der Waals surface area contributed by atoms with Gasteiger partial charge in [0.15, 0.2) is 0 Å². The van der Waals surface area contributed by atoms with Crippen LogP contribution in [0.4, 0.5) is 0 Å². The monoisotopic (exact) mass is 224 g/mol. The second kappa shape index (κ2) is 8.28. The first-order valence-electron chi connectivity index (χ1n) is 6.40. The molecule has 2 N–H and O–H groups in total. The maximum absolute atomic E-state index is 4.09. The highest BCUT2D eigenvalue weighted by atomic mass is 15.2. The highest BCUT2D eigenvalue weighted by Crippen LogP contribution is 2.05. The molecular formula is C12H24N4. The van der Waals surface area contributed by atoms with E-state index in [4.69, 9.17) is 0 Å². The summed E-state index contributed by atoms with van der Waals surface area (Å²) in [7, 11) is 0. The van der Waals surface area contributed by atoms with Crippen molar-refractivity contribution in [1.29, 1.82) is 0 Å². The van der Waals surface area contributed by atoms with Crippen LogP contribution in [0, 0.1) is 0 Å². The third kappa shape index (κ3) is 5.85. The Balaban J connectivity index is 1.95. The minimum absolute atomic E-state index is 0.611. The van der Waals surface area contributed by atoms with Crippen LogP contribution in [0.2, 0.25) is 0 Å². The second-order valence-corrected chi connectivity index (χ2v) is 4.39. The van der Waals surface area contributed by atoms with E-state index in [0.717, 1.165) is 18.8 Å². The topological polar surface area (TPSA) is 53.6 Å². The number of nitrogens with one attached hydrogen (secondary N) is 2. The zero-order valence-corrected chi connectivity index (χ0v) is 10.5. The first-order valence-corrected chi connectivity index (χ1v) is 6.40. The van der Waals surface area contributed by atoms with E-state index in [-0.39, 0.29) is 0 Å². The predicted octanol–water partition coefficient (Wildman–Crippen LogP) is 2.30. The Labute approximate surface area is 98.2 Å². The zero-order valence-electron chi connectivity index (χ0n) is 10.5. The molecule has 0 saturated carbocycles. The summed E-state index contributed by atoms with van der Waals surface area (Å²) in [5.74, 6) is 0.964. The van der Waals surface area contributed by atoms with E-state index in [1.54, 1.807) is 6.33 Å². The van der Waals surface area contributed by atoms with Crippen molar-refractivity contribution in [2.45, 2.75) is 58.4 Å². The molecule has 16 heavy (non-hydrogen) atoms. The van der Waals surface area contributed by atoms with E-state index < -0.39 is 0 Å². The summed E-state index contributed by atoms with van der Waals surface area (Å²) in [6.45, 7) is 5.48. The van der Waals surface area contributed by atoms with E-state index >= 15 is 0 Å². The Bertz CT molecular complexity index is 246. The summed E-state index contributed by atoms with van der Waals surface area (Å²) in [6.07, 6.45) is 9.15. The summed E-state index contributed by atoms with van der Waals surface area (Å²) >= 11 is 0. The Morgan fingerprint density at radius 3 is 2.94 bits per heavy atom. The molecular weight excluding hydrogens is 200 g/mol. The molecule has 1 rings (SSSR count). The molecule has 0 amide bonds. The van der Waals surface area contributed by atoms with Crippen LogP contribution < -0.4 is 5.32 Å². The molecule has 0 aromatic carbocycles. The molecule has 0 saturated heterocycles. The summed E-state index contributed by atoms with van der Waals surface area (Å²) < 4.78 is 0. The van der Waals surface area contributed by atoms with Crippen molar-refractivity contribution in [3.63, 3.8) is 0 Å². The van der Waals surface area contributed by atoms with E-state index in [9.17, 15) is 0 Å². The molecule has 0 aliphatic rings. The number of aromatic nitrogens is 3. The van der Waals surface area contributed by atoms with Gasteiger partial charge in [0.2, 0.25) is 0 Å². The van der Waals surface area contributed by atoms with Crippen molar-refractivity contribution in [3.05, 3.63) is 12.2 Å². The Morgan fingerprint density at radius 1 is 1.38 bits per heavy atom. The first kappa shape index (κ1) is 13.2. The van der Waals surface area contributed by atoms with Gasteiger partial charge in [-0.25, -0.2) is 4.98 Å². The molecule has 0 spiro atoms. The average molecular weight is 224 g/mol. The average Bonchev–Trinajstić information content (AvgIpc) is 2.77. The van der Waals surface area contributed by atoms with Crippen LogP contribution in [0.5, 0.6) is 0 Å². The SMILES string of the molecule is CCCCCCC(C)NCCc1ncn[nH]1. The normalized spacial score (nSPS) is 12.9. The van der Waals surface area contributed by atoms with Gasteiger partial charge >= 0.3 is 0 Å². The van der Waals surface area contributed by atoms with Gasteiger partial charge in [-0.1, -0.05) is 32.6 Å². The van der Waals surface area contributed by atoms with Crippen molar-refractivity contribution in [1.82, 2.24) is 20.5 Å². The number of hydrogen-bond donors (Lipinski definition) is 2. The molecule has 1 heterocycles. The fourth-order valence-electron chi connectivity index (χ4n) is 1.77. The second-order valence-electron chi connectivity index (χ2n) is 4.39. The lowest BCUT2D eigenvalue weighted by Gasteiger charge is -2.12. The number of unbranched alkanes of at least 4 members (excludes halogenated alkanes) is 3. The molecule has 0 bridgehead atoms. The largest absolute Gasteiger partial charge is 0.314 e. The van der Waals surface area contributed by atoms with Crippen molar-refractivity contribution >= 4 is 0 Å². The fraction of sp³-hybridized carbons (Fsp3) is 0.833. The van der Waals surface area contributed by atoms with Gasteiger partial charge in [0.05, 0.1) is 0 Å². The van der Waals surface area contributed by atoms with Gasteiger partial charge in [0.25, 0.3) is 0 Å². The molecule has 1 aromatic heterocycles. The summed E-state index contributed by atoms with van der Waals surface area (Å²) in [4.78, 5) is 4.09. The van der Waals surface area contributed by atoms with E-state index in [1.807, 2.05) is 0 Å². The molecule has 92 valence electrons. The maximum Gasteiger partial charge on any atom is 0.137 e. The van der Waals surface area contributed by atoms with Crippen molar-refractivity contribution in [2.24, 2.45) is 0 Å². The third-order valence-corrected chi connectivity index (χ3v) is 2.81. The van der Waals surface area contributed by atoms with E-state index in [2.05, 4.69) is 34.3 Å². The zero-order chi connectivity index (χ0) is 11.6. The lowest BCUT2D eigenvalue weighted by Crippen LogP contribution is -2.28.